The van der Waals surface area contributed by atoms with Gasteiger partial charge in [0, 0.05) is 18.2 Å². The predicted molar refractivity (Wildman–Crippen MR) is 79.4 cm³/mol. The molecule has 3 heteroatoms. The lowest BCUT2D eigenvalue weighted by Crippen LogP contribution is -2.28. The lowest BCUT2D eigenvalue weighted by molar-refractivity contribution is 0.100. The minimum Gasteiger partial charge on any atom is -0.366 e. The molecule has 0 radical (unpaired) electrons. The van der Waals surface area contributed by atoms with Gasteiger partial charge in [0.05, 0.1) is 0 Å². The van der Waals surface area contributed by atoms with Crippen LogP contribution < -0.4 is 11.1 Å². The van der Waals surface area contributed by atoms with Crippen molar-refractivity contribution in [2.24, 2.45) is 5.73 Å². The molecule has 0 aromatic heterocycles. The number of nitrogens with one attached hydrogen (secondary N) is 1. The number of hydrogen-bond donors (Lipinski definition) is 2. The molecule has 0 bridgehead atoms. The van der Waals surface area contributed by atoms with Crippen molar-refractivity contribution in [2.75, 3.05) is 0 Å². The van der Waals surface area contributed by atoms with Crippen LogP contribution in [-0.4, -0.2) is 11.9 Å². The molecule has 0 fully saturated rings. The number of hydrogen-bond acceptors (Lipinski definition) is 2. The molecule has 2 aromatic rings. The van der Waals surface area contributed by atoms with Gasteiger partial charge in [-0.05, 0) is 41.7 Å². The molecule has 3 N–H and O–H groups in total. The van der Waals surface area contributed by atoms with Crippen molar-refractivity contribution in [3.8, 4) is 0 Å². The number of rotatable bonds is 4. The van der Waals surface area contributed by atoms with Gasteiger partial charge >= 0.3 is 0 Å². The second-order valence-corrected chi connectivity index (χ2v) is 5.32. The summed E-state index contributed by atoms with van der Waals surface area (Å²) in [6.07, 6.45) is 2.19. The summed E-state index contributed by atoms with van der Waals surface area (Å²) in [4.78, 5) is 11.0. The highest BCUT2D eigenvalue weighted by atomic mass is 16.1. The Morgan fingerprint density at radius 3 is 2.20 bits per heavy atom. The van der Waals surface area contributed by atoms with E-state index in [9.17, 15) is 4.79 Å². The maximum Gasteiger partial charge on any atom is 0.248 e. The third-order valence-electron chi connectivity index (χ3n) is 3.88. The van der Waals surface area contributed by atoms with Crippen LogP contribution in [0.15, 0.2) is 48.5 Å². The van der Waals surface area contributed by atoms with Gasteiger partial charge in [0.25, 0.3) is 0 Å². The van der Waals surface area contributed by atoms with E-state index in [1.165, 1.54) is 16.7 Å². The van der Waals surface area contributed by atoms with Gasteiger partial charge in [-0.15, -0.1) is 0 Å². The number of benzene rings is 2. The molecule has 0 saturated heterocycles. The van der Waals surface area contributed by atoms with Crippen LogP contribution in [-0.2, 0) is 19.4 Å². The Morgan fingerprint density at radius 2 is 1.65 bits per heavy atom. The Labute approximate surface area is 118 Å². The molecule has 0 atom stereocenters. The Morgan fingerprint density at radius 1 is 1.05 bits per heavy atom. The van der Waals surface area contributed by atoms with E-state index in [-0.39, 0.29) is 5.91 Å². The minimum atomic E-state index is -0.379. The minimum absolute atomic E-state index is 0.379. The Bertz CT molecular complexity index is 594. The number of amides is 1. The van der Waals surface area contributed by atoms with Crippen LogP contribution in [0.4, 0.5) is 0 Å². The van der Waals surface area contributed by atoms with Crippen molar-refractivity contribution >= 4 is 5.91 Å². The molecule has 3 nitrogen and oxygen atoms in total. The smallest absolute Gasteiger partial charge is 0.248 e. The summed E-state index contributed by atoms with van der Waals surface area (Å²) >= 11 is 0. The van der Waals surface area contributed by atoms with E-state index in [1.54, 1.807) is 12.1 Å². The second kappa shape index (κ2) is 5.47. The summed E-state index contributed by atoms with van der Waals surface area (Å²) in [5.41, 5.74) is 9.87. The van der Waals surface area contributed by atoms with Gasteiger partial charge < -0.3 is 11.1 Å². The van der Waals surface area contributed by atoms with Gasteiger partial charge in [0.2, 0.25) is 5.91 Å². The molecule has 0 aliphatic heterocycles. The second-order valence-electron chi connectivity index (χ2n) is 5.32. The van der Waals surface area contributed by atoms with E-state index in [4.69, 9.17) is 5.73 Å². The van der Waals surface area contributed by atoms with Gasteiger partial charge in [-0.3, -0.25) is 4.79 Å². The summed E-state index contributed by atoms with van der Waals surface area (Å²) in [5, 5.41) is 3.58. The summed E-state index contributed by atoms with van der Waals surface area (Å²) < 4.78 is 0. The quantitative estimate of drug-likeness (QED) is 0.889. The lowest BCUT2D eigenvalue weighted by Gasteiger charge is -2.12. The van der Waals surface area contributed by atoms with Gasteiger partial charge in [-0.2, -0.15) is 0 Å². The molecule has 102 valence electrons. The maximum atomic E-state index is 11.0. The Balaban J connectivity index is 1.57. The Kier molecular flexibility index (Phi) is 3.52. The van der Waals surface area contributed by atoms with Gasteiger partial charge in [0.15, 0.2) is 0 Å². The molecule has 1 aliphatic carbocycles. The summed E-state index contributed by atoms with van der Waals surface area (Å²) in [5.74, 6) is -0.379. The van der Waals surface area contributed by atoms with Crippen LogP contribution in [0.5, 0.6) is 0 Å². The first kappa shape index (κ1) is 12.9. The molecular weight excluding hydrogens is 248 g/mol. The van der Waals surface area contributed by atoms with Crippen molar-refractivity contribution in [2.45, 2.75) is 25.4 Å². The molecule has 1 amide bonds. The Hall–Kier alpha value is -2.13. The van der Waals surface area contributed by atoms with Crippen LogP contribution in [0.1, 0.15) is 27.0 Å². The summed E-state index contributed by atoms with van der Waals surface area (Å²) in [7, 11) is 0. The van der Waals surface area contributed by atoms with Crippen LogP contribution in [0.25, 0.3) is 0 Å². The van der Waals surface area contributed by atoms with E-state index in [1.807, 2.05) is 12.1 Å². The van der Waals surface area contributed by atoms with E-state index in [2.05, 4.69) is 29.6 Å². The fourth-order valence-corrected chi connectivity index (χ4v) is 2.75. The van der Waals surface area contributed by atoms with Crippen LogP contribution >= 0.6 is 0 Å². The van der Waals surface area contributed by atoms with E-state index in [0.717, 1.165) is 19.4 Å². The van der Waals surface area contributed by atoms with E-state index < -0.39 is 0 Å². The van der Waals surface area contributed by atoms with Crippen molar-refractivity contribution in [1.29, 1.82) is 0 Å². The van der Waals surface area contributed by atoms with Crippen molar-refractivity contribution < 1.29 is 4.79 Å². The SMILES string of the molecule is NC(=O)c1ccc(CNC2Cc3ccccc3C2)cc1. The summed E-state index contributed by atoms with van der Waals surface area (Å²) in [6.45, 7) is 0.817. The van der Waals surface area contributed by atoms with Crippen LogP contribution in [0, 0.1) is 0 Å². The monoisotopic (exact) mass is 266 g/mol. The number of primary amides is 1. The average molecular weight is 266 g/mol. The summed E-state index contributed by atoms with van der Waals surface area (Å²) in [6, 6.07) is 16.6. The molecule has 20 heavy (non-hydrogen) atoms. The lowest BCUT2D eigenvalue weighted by atomic mass is 10.1. The zero-order valence-corrected chi connectivity index (χ0v) is 11.3. The fourth-order valence-electron chi connectivity index (χ4n) is 2.75. The highest BCUT2D eigenvalue weighted by molar-refractivity contribution is 5.92. The molecule has 0 heterocycles. The molecule has 3 rings (SSSR count). The van der Waals surface area contributed by atoms with Crippen molar-refractivity contribution in [3.63, 3.8) is 0 Å². The first-order chi connectivity index (χ1) is 9.72. The molecular formula is C17H18N2O. The number of carbonyl (C=O) groups is 1. The normalized spacial score (nSPS) is 14.2. The third-order valence-corrected chi connectivity index (χ3v) is 3.88. The van der Waals surface area contributed by atoms with Gasteiger partial charge in [-0.25, -0.2) is 0 Å². The fraction of sp³-hybridized carbons (Fsp3) is 0.235. The van der Waals surface area contributed by atoms with Gasteiger partial charge in [-0.1, -0.05) is 36.4 Å². The maximum absolute atomic E-state index is 11.0. The first-order valence-corrected chi connectivity index (χ1v) is 6.91. The number of carbonyl (C=O) groups excluding carboxylic acids is 1. The zero-order chi connectivity index (χ0) is 13.9. The highest BCUT2D eigenvalue weighted by Crippen LogP contribution is 2.21. The largest absolute Gasteiger partial charge is 0.366 e. The standard InChI is InChI=1S/C17H18N2O/c18-17(20)13-7-5-12(6-8-13)11-19-16-9-14-3-1-2-4-15(14)10-16/h1-8,16,19H,9-11H2,(H2,18,20). The zero-order valence-electron chi connectivity index (χ0n) is 11.3. The van der Waals surface area contributed by atoms with Gasteiger partial charge in [0.1, 0.15) is 0 Å². The predicted octanol–water partition coefficient (Wildman–Crippen LogP) is 2.04. The number of nitrogens with two attached hydrogens (primary N) is 1. The molecule has 1 aliphatic rings. The molecule has 0 saturated carbocycles. The molecule has 0 spiro atoms. The average Bonchev–Trinajstić information content (AvgIpc) is 2.88. The van der Waals surface area contributed by atoms with Crippen molar-refractivity contribution in [1.82, 2.24) is 5.32 Å². The van der Waals surface area contributed by atoms with Crippen molar-refractivity contribution in [3.05, 3.63) is 70.8 Å². The van der Waals surface area contributed by atoms with E-state index >= 15 is 0 Å². The first-order valence-electron chi connectivity index (χ1n) is 6.91. The molecule has 2 aromatic carbocycles. The van der Waals surface area contributed by atoms with Crippen LogP contribution in [0.3, 0.4) is 0 Å². The number of fused-ring (bicyclic) bond motifs is 1. The third kappa shape index (κ3) is 2.73. The molecule has 0 unspecified atom stereocenters. The topological polar surface area (TPSA) is 55.1 Å². The highest BCUT2D eigenvalue weighted by Gasteiger charge is 2.19. The van der Waals surface area contributed by atoms with Crippen LogP contribution in [0.2, 0.25) is 0 Å². The van der Waals surface area contributed by atoms with E-state index in [0.29, 0.717) is 11.6 Å².